The minimum Gasteiger partial charge on any atom is -0.459 e. The number of anilines is 2. The molecule has 0 aliphatic carbocycles. The van der Waals surface area contributed by atoms with Crippen molar-refractivity contribution < 1.29 is 14.3 Å². The van der Waals surface area contributed by atoms with Crippen molar-refractivity contribution in [2.45, 2.75) is 6.92 Å². The smallest absolute Gasteiger partial charge is 0.397 e. The van der Waals surface area contributed by atoms with Gasteiger partial charge in [0.1, 0.15) is 0 Å². The minimum atomic E-state index is -0.866. The fraction of sp³-hybridized carbons (Fsp3) is 0.100. The van der Waals surface area contributed by atoms with Crippen LogP contribution >= 0.6 is 0 Å². The predicted molar refractivity (Wildman–Crippen MR) is 94.2 cm³/mol. The van der Waals surface area contributed by atoms with Gasteiger partial charge in [-0.15, -0.1) is 0 Å². The van der Waals surface area contributed by atoms with E-state index in [0.29, 0.717) is 11.4 Å². The average Bonchev–Trinajstić information content (AvgIpc) is 2.63. The second-order valence-electron chi connectivity index (χ2n) is 5.23. The van der Waals surface area contributed by atoms with E-state index >= 15 is 0 Å². The Morgan fingerprint density at radius 2 is 1.50 bits per heavy atom. The lowest BCUT2D eigenvalue weighted by Gasteiger charge is -2.22. The molecule has 0 saturated carbocycles. The van der Waals surface area contributed by atoms with E-state index in [0.717, 1.165) is 10.8 Å². The van der Waals surface area contributed by atoms with E-state index < -0.39 is 11.9 Å². The van der Waals surface area contributed by atoms with E-state index in [2.05, 4.69) is 0 Å². The summed E-state index contributed by atoms with van der Waals surface area (Å²) < 4.78 is 4.88. The van der Waals surface area contributed by atoms with Gasteiger partial charge < -0.3 is 4.74 Å². The van der Waals surface area contributed by atoms with Gasteiger partial charge in [-0.3, -0.25) is 9.69 Å². The normalized spacial score (nSPS) is 10.4. The summed E-state index contributed by atoms with van der Waals surface area (Å²) in [5.74, 6) is -1.58. The molecule has 0 heterocycles. The maximum Gasteiger partial charge on any atom is 0.397 e. The van der Waals surface area contributed by atoms with Gasteiger partial charge in [0.2, 0.25) is 0 Å². The fourth-order valence-corrected chi connectivity index (χ4v) is 2.56. The first-order valence-corrected chi connectivity index (χ1v) is 7.76. The Morgan fingerprint density at radius 1 is 0.833 bits per heavy atom. The molecule has 0 bridgehead atoms. The van der Waals surface area contributed by atoms with Crippen molar-refractivity contribution in [3.63, 3.8) is 0 Å². The Labute approximate surface area is 140 Å². The van der Waals surface area contributed by atoms with Crippen LogP contribution in [-0.4, -0.2) is 18.5 Å². The highest BCUT2D eigenvalue weighted by molar-refractivity contribution is 6.40. The fourth-order valence-electron chi connectivity index (χ4n) is 2.56. The second-order valence-corrected chi connectivity index (χ2v) is 5.23. The molecular formula is C20H17NO3. The number of para-hydroxylation sites is 1. The van der Waals surface area contributed by atoms with Crippen LogP contribution in [0.3, 0.4) is 0 Å². The molecule has 0 saturated heterocycles. The van der Waals surface area contributed by atoms with Crippen molar-refractivity contribution in [2.24, 2.45) is 0 Å². The van der Waals surface area contributed by atoms with E-state index in [-0.39, 0.29) is 6.61 Å². The number of hydrogen-bond acceptors (Lipinski definition) is 3. The molecule has 0 spiro atoms. The van der Waals surface area contributed by atoms with Gasteiger partial charge in [0, 0.05) is 5.69 Å². The molecule has 0 unspecified atom stereocenters. The Hall–Kier alpha value is -3.14. The van der Waals surface area contributed by atoms with Crippen molar-refractivity contribution in [3.8, 4) is 0 Å². The topological polar surface area (TPSA) is 46.6 Å². The monoisotopic (exact) mass is 319 g/mol. The largest absolute Gasteiger partial charge is 0.459 e. The van der Waals surface area contributed by atoms with E-state index in [1.165, 1.54) is 4.90 Å². The van der Waals surface area contributed by atoms with Gasteiger partial charge >= 0.3 is 11.9 Å². The molecule has 0 radical (unpaired) electrons. The Balaban J connectivity index is 2.09. The first-order chi connectivity index (χ1) is 11.7. The molecule has 0 aromatic heterocycles. The summed E-state index contributed by atoms with van der Waals surface area (Å²) in [5, 5.41) is 2.06. The molecule has 3 rings (SSSR count). The zero-order chi connectivity index (χ0) is 16.9. The third-order valence-electron chi connectivity index (χ3n) is 3.66. The van der Waals surface area contributed by atoms with Crippen LogP contribution in [0.1, 0.15) is 6.92 Å². The highest BCUT2D eigenvalue weighted by Gasteiger charge is 2.26. The summed E-state index contributed by atoms with van der Waals surface area (Å²) in [5.41, 5.74) is 1.24. The van der Waals surface area contributed by atoms with Crippen molar-refractivity contribution in [1.82, 2.24) is 0 Å². The number of carbonyl (C=O) groups is 2. The maximum absolute atomic E-state index is 12.6. The zero-order valence-corrected chi connectivity index (χ0v) is 13.3. The van der Waals surface area contributed by atoms with E-state index in [9.17, 15) is 9.59 Å². The van der Waals surface area contributed by atoms with Gasteiger partial charge in [0.05, 0.1) is 12.3 Å². The Bertz CT molecular complexity index is 874. The number of ether oxygens (including phenoxy) is 1. The summed E-state index contributed by atoms with van der Waals surface area (Å²) in [7, 11) is 0. The number of hydrogen-bond donors (Lipinski definition) is 0. The van der Waals surface area contributed by atoms with Crippen LogP contribution < -0.4 is 4.90 Å². The molecule has 4 nitrogen and oxygen atoms in total. The minimum absolute atomic E-state index is 0.158. The molecule has 3 aromatic carbocycles. The third-order valence-corrected chi connectivity index (χ3v) is 3.66. The van der Waals surface area contributed by atoms with Crippen molar-refractivity contribution in [2.75, 3.05) is 11.5 Å². The Kier molecular flexibility index (Phi) is 4.57. The maximum atomic E-state index is 12.6. The van der Waals surface area contributed by atoms with Crippen molar-refractivity contribution in [3.05, 3.63) is 72.8 Å². The summed E-state index contributed by atoms with van der Waals surface area (Å²) in [6, 6.07) is 22.6. The number of amides is 1. The standard InChI is InChI=1S/C20H17NO3/c1-2-24-20(23)19(22)21(17-10-4-3-5-11-17)18-13-12-15-8-6-7-9-16(15)14-18/h3-14H,2H2,1H3. The van der Waals surface area contributed by atoms with Crippen molar-refractivity contribution in [1.29, 1.82) is 0 Å². The summed E-state index contributed by atoms with van der Waals surface area (Å²) in [6.07, 6.45) is 0. The quantitative estimate of drug-likeness (QED) is 0.540. The molecule has 0 atom stereocenters. The number of esters is 1. The van der Waals surface area contributed by atoms with Gasteiger partial charge in [0.25, 0.3) is 0 Å². The van der Waals surface area contributed by atoms with E-state index in [1.807, 2.05) is 60.7 Å². The molecule has 24 heavy (non-hydrogen) atoms. The lowest BCUT2D eigenvalue weighted by molar-refractivity contribution is -0.152. The number of fused-ring (bicyclic) bond motifs is 1. The average molecular weight is 319 g/mol. The van der Waals surface area contributed by atoms with E-state index in [1.54, 1.807) is 19.1 Å². The summed E-state index contributed by atoms with van der Waals surface area (Å²) >= 11 is 0. The first kappa shape index (κ1) is 15.7. The van der Waals surface area contributed by atoms with Crippen LogP contribution in [0, 0.1) is 0 Å². The predicted octanol–water partition coefficient (Wildman–Crippen LogP) is 4.07. The zero-order valence-electron chi connectivity index (χ0n) is 13.3. The van der Waals surface area contributed by atoms with E-state index in [4.69, 9.17) is 4.74 Å². The molecule has 120 valence electrons. The highest BCUT2D eigenvalue weighted by Crippen LogP contribution is 2.28. The molecule has 0 N–H and O–H groups in total. The first-order valence-electron chi connectivity index (χ1n) is 7.76. The van der Waals surface area contributed by atoms with Gasteiger partial charge in [0.15, 0.2) is 0 Å². The van der Waals surface area contributed by atoms with Crippen molar-refractivity contribution >= 4 is 34.0 Å². The van der Waals surface area contributed by atoms with Crippen LogP contribution in [0.15, 0.2) is 72.8 Å². The van der Waals surface area contributed by atoms with Gasteiger partial charge in [-0.2, -0.15) is 0 Å². The number of carbonyl (C=O) groups excluding carboxylic acids is 2. The highest BCUT2D eigenvalue weighted by atomic mass is 16.5. The van der Waals surface area contributed by atoms with Gasteiger partial charge in [-0.1, -0.05) is 48.5 Å². The molecule has 3 aromatic rings. The number of rotatable bonds is 3. The van der Waals surface area contributed by atoms with Crippen LogP contribution in [-0.2, 0) is 14.3 Å². The molecule has 0 fully saturated rings. The van der Waals surface area contributed by atoms with Crippen LogP contribution in [0.25, 0.3) is 10.8 Å². The number of benzene rings is 3. The second kappa shape index (κ2) is 6.96. The molecule has 0 aliphatic heterocycles. The molecule has 0 aliphatic rings. The van der Waals surface area contributed by atoms with Crippen LogP contribution in [0.4, 0.5) is 11.4 Å². The Morgan fingerprint density at radius 3 is 2.21 bits per heavy atom. The molecule has 4 heteroatoms. The number of nitrogens with zero attached hydrogens (tertiary/aromatic N) is 1. The molecule has 1 amide bonds. The van der Waals surface area contributed by atoms with Crippen LogP contribution in [0.2, 0.25) is 0 Å². The lowest BCUT2D eigenvalue weighted by atomic mass is 10.1. The molecular weight excluding hydrogens is 302 g/mol. The summed E-state index contributed by atoms with van der Waals surface area (Å²) in [6.45, 7) is 1.83. The van der Waals surface area contributed by atoms with Gasteiger partial charge in [-0.05, 0) is 42.0 Å². The lowest BCUT2D eigenvalue weighted by Crippen LogP contribution is -2.34. The third kappa shape index (κ3) is 3.13. The summed E-state index contributed by atoms with van der Waals surface area (Å²) in [4.78, 5) is 26.0. The van der Waals surface area contributed by atoms with Crippen LogP contribution in [0.5, 0.6) is 0 Å². The van der Waals surface area contributed by atoms with Gasteiger partial charge in [-0.25, -0.2) is 4.79 Å². The SMILES string of the molecule is CCOC(=O)C(=O)N(c1ccccc1)c1ccc2ccccc2c1.